The minimum atomic E-state index is 0.0952. The highest BCUT2D eigenvalue weighted by Crippen LogP contribution is 2.34. The molecule has 0 saturated heterocycles. The number of aliphatic hydroxyl groups is 1. The average Bonchev–Trinajstić information content (AvgIpc) is 2.03. The van der Waals surface area contributed by atoms with Gasteiger partial charge in [0.05, 0.1) is 6.61 Å². The number of aliphatic hydroxyl groups excluding tert-OH is 1. The molecule has 0 aromatic carbocycles. The molecule has 0 atom stereocenters. The van der Waals surface area contributed by atoms with Gasteiger partial charge < -0.3 is 5.11 Å². The molecule has 2 heteroatoms. The van der Waals surface area contributed by atoms with Crippen molar-refractivity contribution in [3.05, 3.63) is 29.6 Å². The fourth-order valence-corrected chi connectivity index (χ4v) is 1.47. The van der Waals surface area contributed by atoms with Crippen LogP contribution in [0, 0.1) is 0 Å². The van der Waals surface area contributed by atoms with Crippen LogP contribution in [-0.4, -0.2) is 10.1 Å². The fourth-order valence-electron chi connectivity index (χ4n) is 1.47. The average molecular weight is 163 g/mol. The van der Waals surface area contributed by atoms with Gasteiger partial charge in [0.1, 0.15) is 0 Å². The maximum Gasteiger partial charge on any atom is 0.0696 e. The van der Waals surface area contributed by atoms with E-state index in [2.05, 4.69) is 4.98 Å². The zero-order chi connectivity index (χ0) is 8.39. The predicted octanol–water partition coefficient (Wildman–Crippen LogP) is 1.84. The van der Waals surface area contributed by atoms with Gasteiger partial charge in [-0.25, -0.2) is 0 Å². The van der Waals surface area contributed by atoms with E-state index in [-0.39, 0.29) is 6.61 Å². The van der Waals surface area contributed by atoms with Crippen LogP contribution in [0.1, 0.15) is 36.4 Å². The van der Waals surface area contributed by atoms with E-state index in [1.165, 1.54) is 25.0 Å². The van der Waals surface area contributed by atoms with Crippen LogP contribution in [0.25, 0.3) is 0 Å². The minimum absolute atomic E-state index is 0.0952. The third kappa shape index (κ3) is 1.34. The van der Waals surface area contributed by atoms with Gasteiger partial charge in [-0.1, -0.05) is 12.5 Å². The highest BCUT2D eigenvalue weighted by molar-refractivity contribution is 5.17. The Balaban J connectivity index is 2.13. The molecular weight excluding hydrogens is 150 g/mol. The molecule has 0 bridgehead atoms. The molecule has 1 heterocycles. The van der Waals surface area contributed by atoms with Crippen molar-refractivity contribution in [3.8, 4) is 0 Å². The predicted molar refractivity (Wildman–Crippen MR) is 46.8 cm³/mol. The first kappa shape index (κ1) is 7.74. The van der Waals surface area contributed by atoms with Crippen molar-refractivity contribution in [2.45, 2.75) is 31.8 Å². The number of hydrogen-bond donors (Lipinski definition) is 1. The second kappa shape index (κ2) is 3.23. The summed E-state index contributed by atoms with van der Waals surface area (Å²) in [4.78, 5) is 4.31. The van der Waals surface area contributed by atoms with Crippen LogP contribution in [0.15, 0.2) is 18.3 Å². The van der Waals surface area contributed by atoms with Crippen molar-refractivity contribution in [1.29, 1.82) is 0 Å². The molecule has 0 radical (unpaired) electrons. The van der Waals surface area contributed by atoms with Crippen molar-refractivity contribution in [1.82, 2.24) is 4.98 Å². The Hall–Kier alpha value is -0.890. The molecule has 2 nitrogen and oxygen atoms in total. The molecular formula is C10H13NO. The Morgan fingerprint density at radius 3 is 2.67 bits per heavy atom. The molecule has 2 rings (SSSR count). The van der Waals surface area contributed by atoms with Gasteiger partial charge in [-0.3, -0.25) is 4.98 Å². The number of aromatic nitrogens is 1. The van der Waals surface area contributed by atoms with Gasteiger partial charge in [-0.05, 0) is 24.5 Å². The molecule has 1 saturated carbocycles. The Labute approximate surface area is 72.3 Å². The number of nitrogens with zero attached hydrogens (tertiary/aromatic N) is 1. The first-order chi connectivity index (χ1) is 5.90. The van der Waals surface area contributed by atoms with Gasteiger partial charge in [0.2, 0.25) is 0 Å². The summed E-state index contributed by atoms with van der Waals surface area (Å²) < 4.78 is 0. The lowest BCUT2D eigenvalue weighted by molar-refractivity contribution is 0.281. The van der Waals surface area contributed by atoms with Crippen LogP contribution in [0.2, 0.25) is 0 Å². The summed E-state index contributed by atoms with van der Waals surface area (Å²) in [7, 11) is 0. The van der Waals surface area contributed by atoms with Crippen molar-refractivity contribution >= 4 is 0 Å². The Bertz CT molecular complexity index is 251. The van der Waals surface area contributed by atoms with Crippen LogP contribution >= 0.6 is 0 Å². The van der Waals surface area contributed by atoms with Crippen LogP contribution < -0.4 is 0 Å². The minimum Gasteiger partial charge on any atom is -0.392 e. The third-order valence-electron chi connectivity index (χ3n) is 2.55. The second-order valence-corrected chi connectivity index (χ2v) is 3.38. The summed E-state index contributed by atoms with van der Waals surface area (Å²) in [5, 5.41) is 8.80. The summed E-state index contributed by atoms with van der Waals surface area (Å²) in [5.41, 5.74) is 2.09. The quantitative estimate of drug-likeness (QED) is 0.721. The van der Waals surface area contributed by atoms with Gasteiger partial charge >= 0.3 is 0 Å². The highest BCUT2D eigenvalue weighted by Gasteiger charge is 2.20. The van der Waals surface area contributed by atoms with E-state index >= 15 is 0 Å². The zero-order valence-corrected chi connectivity index (χ0v) is 7.03. The number of pyridine rings is 1. The topological polar surface area (TPSA) is 33.1 Å². The molecule has 1 N–H and O–H groups in total. The maximum atomic E-state index is 8.80. The first-order valence-electron chi connectivity index (χ1n) is 4.46. The van der Waals surface area contributed by atoms with Crippen molar-refractivity contribution in [2.24, 2.45) is 0 Å². The van der Waals surface area contributed by atoms with E-state index < -0.39 is 0 Å². The summed E-state index contributed by atoms with van der Waals surface area (Å²) in [6.07, 6.45) is 5.68. The summed E-state index contributed by atoms with van der Waals surface area (Å²) in [6, 6.07) is 4.00. The van der Waals surface area contributed by atoms with E-state index in [4.69, 9.17) is 5.11 Å². The first-order valence-corrected chi connectivity index (χ1v) is 4.46. The van der Waals surface area contributed by atoms with E-state index in [0.29, 0.717) is 5.92 Å². The second-order valence-electron chi connectivity index (χ2n) is 3.38. The van der Waals surface area contributed by atoms with Crippen LogP contribution in [0.3, 0.4) is 0 Å². The molecule has 1 aromatic heterocycles. The van der Waals surface area contributed by atoms with Gasteiger partial charge in [-0.2, -0.15) is 0 Å². The molecule has 0 unspecified atom stereocenters. The van der Waals surface area contributed by atoms with Gasteiger partial charge in [0.25, 0.3) is 0 Å². The maximum absolute atomic E-state index is 8.80. The SMILES string of the molecule is OCc1ccc(C2CCC2)nc1. The van der Waals surface area contributed by atoms with Crippen molar-refractivity contribution in [2.75, 3.05) is 0 Å². The lowest BCUT2D eigenvalue weighted by Crippen LogP contribution is -2.10. The molecule has 1 aliphatic rings. The monoisotopic (exact) mass is 163 g/mol. The van der Waals surface area contributed by atoms with Crippen LogP contribution in [0.5, 0.6) is 0 Å². The van der Waals surface area contributed by atoms with E-state index in [1.54, 1.807) is 6.20 Å². The lowest BCUT2D eigenvalue weighted by Gasteiger charge is -2.24. The molecule has 0 spiro atoms. The standard InChI is InChI=1S/C10H13NO/c12-7-8-4-5-10(11-6-8)9-2-1-3-9/h4-6,9,12H,1-3,7H2. The molecule has 1 aliphatic carbocycles. The largest absolute Gasteiger partial charge is 0.392 e. The van der Waals surface area contributed by atoms with E-state index in [0.717, 1.165) is 5.56 Å². The Morgan fingerprint density at radius 1 is 1.42 bits per heavy atom. The molecule has 0 aliphatic heterocycles. The van der Waals surface area contributed by atoms with Crippen LogP contribution in [0.4, 0.5) is 0 Å². The number of rotatable bonds is 2. The summed E-state index contributed by atoms with van der Waals surface area (Å²) in [5.74, 6) is 0.692. The molecule has 64 valence electrons. The van der Waals surface area contributed by atoms with Crippen molar-refractivity contribution in [3.63, 3.8) is 0 Å². The Kier molecular flexibility index (Phi) is 2.09. The smallest absolute Gasteiger partial charge is 0.0696 e. The molecule has 1 aromatic rings. The molecule has 12 heavy (non-hydrogen) atoms. The highest BCUT2D eigenvalue weighted by atomic mass is 16.3. The van der Waals surface area contributed by atoms with Gasteiger partial charge in [0, 0.05) is 17.8 Å². The normalized spacial score (nSPS) is 17.4. The van der Waals surface area contributed by atoms with Crippen LogP contribution in [-0.2, 0) is 6.61 Å². The molecule has 1 fully saturated rings. The fraction of sp³-hybridized carbons (Fsp3) is 0.500. The van der Waals surface area contributed by atoms with E-state index in [9.17, 15) is 0 Å². The van der Waals surface area contributed by atoms with E-state index in [1.807, 2.05) is 12.1 Å². The summed E-state index contributed by atoms with van der Waals surface area (Å²) >= 11 is 0. The third-order valence-corrected chi connectivity index (χ3v) is 2.55. The van der Waals surface area contributed by atoms with Gasteiger partial charge in [0.15, 0.2) is 0 Å². The van der Waals surface area contributed by atoms with Gasteiger partial charge in [-0.15, -0.1) is 0 Å². The number of hydrogen-bond acceptors (Lipinski definition) is 2. The Morgan fingerprint density at radius 2 is 2.25 bits per heavy atom. The zero-order valence-electron chi connectivity index (χ0n) is 7.03. The summed E-state index contributed by atoms with van der Waals surface area (Å²) in [6.45, 7) is 0.0952. The lowest BCUT2D eigenvalue weighted by atomic mass is 9.82. The molecule has 0 amide bonds. The van der Waals surface area contributed by atoms with Crippen molar-refractivity contribution < 1.29 is 5.11 Å².